The molecule has 0 fully saturated rings. The molecule has 0 radical (unpaired) electrons. The van der Waals surface area contributed by atoms with Gasteiger partial charge in [-0.3, -0.25) is 4.79 Å². The van der Waals surface area contributed by atoms with Crippen LogP contribution in [0.3, 0.4) is 0 Å². The SMILES string of the molecule is CC1(C)CCc2ccc(F)cc2C(=O)C1. The van der Waals surface area contributed by atoms with Crippen LogP contribution in [0.4, 0.5) is 4.39 Å². The van der Waals surface area contributed by atoms with Crippen molar-refractivity contribution in [2.45, 2.75) is 33.1 Å². The molecule has 1 aromatic rings. The fourth-order valence-corrected chi connectivity index (χ4v) is 2.12. The molecule has 0 unspecified atom stereocenters. The van der Waals surface area contributed by atoms with Gasteiger partial charge in [0.25, 0.3) is 0 Å². The third-order valence-electron chi connectivity index (χ3n) is 3.08. The molecule has 15 heavy (non-hydrogen) atoms. The molecule has 1 aliphatic rings. The van der Waals surface area contributed by atoms with E-state index < -0.39 is 0 Å². The monoisotopic (exact) mass is 206 g/mol. The van der Waals surface area contributed by atoms with Crippen LogP contribution >= 0.6 is 0 Å². The molecule has 0 saturated heterocycles. The summed E-state index contributed by atoms with van der Waals surface area (Å²) in [6.07, 6.45) is 2.37. The van der Waals surface area contributed by atoms with Gasteiger partial charge in [0, 0.05) is 12.0 Å². The molecule has 0 aromatic heterocycles. The number of benzene rings is 1. The largest absolute Gasteiger partial charge is 0.294 e. The highest BCUT2D eigenvalue weighted by Gasteiger charge is 2.27. The maximum absolute atomic E-state index is 13.0. The van der Waals surface area contributed by atoms with E-state index in [1.165, 1.54) is 12.1 Å². The van der Waals surface area contributed by atoms with Crippen molar-refractivity contribution in [3.05, 3.63) is 35.1 Å². The molecule has 1 nitrogen and oxygen atoms in total. The minimum atomic E-state index is -0.318. The summed E-state index contributed by atoms with van der Waals surface area (Å²) in [5, 5.41) is 0. The number of aryl methyl sites for hydroxylation is 1. The average Bonchev–Trinajstić information content (AvgIpc) is 2.24. The van der Waals surface area contributed by atoms with Gasteiger partial charge >= 0.3 is 0 Å². The summed E-state index contributed by atoms with van der Waals surface area (Å²) in [6.45, 7) is 4.18. The Kier molecular flexibility index (Phi) is 2.37. The minimum absolute atomic E-state index is 0.0343. The number of fused-ring (bicyclic) bond motifs is 1. The number of carbonyl (C=O) groups excluding carboxylic acids is 1. The first-order valence-corrected chi connectivity index (χ1v) is 5.30. The number of ketones is 1. The van der Waals surface area contributed by atoms with E-state index in [1.807, 2.05) is 0 Å². The maximum atomic E-state index is 13.0. The van der Waals surface area contributed by atoms with Gasteiger partial charge in [0.1, 0.15) is 5.82 Å². The van der Waals surface area contributed by atoms with Gasteiger partial charge in [0.05, 0.1) is 0 Å². The maximum Gasteiger partial charge on any atom is 0.163 e. The molecule has 0 heterocycles. The molecular weight excluding hydrogens is 191 g/mol. The molecule has 0 aliphatic heterocycles. The molecule has 0 atom stereocenters. The van der Waals surface area contributed by atoms with E-state index in [2.05, 4.69) is 13.8 Å². The lowest BCUT2D eigenvalue weighted by Gasteiger charge is -2.20. The topological polar surface area (TPSA) is 17.1 Å². The summed E-state index contributed by atoms with van der Waals surface area (Å²) in [5.74, 6) is -0.242. The predicted molar refractivity (Wildman–Crippen MR) is 57.4 cm³/mol. The van der Waals surface area contributed by atoms with Crippen molar-refractivity contribution in [1.82, 2.24) is 0 Å². The first-order valence-electron chi connectivity index (χ1n) is 5.30. The fourth-order valence-electron chi connectivity index (χ4n) is 2.12. The van der Waals surface area contributed by atoms with Crippen molar-refractivity contribution in [2.75, 3.05) is 0 Å². The molecule has 0 saturated carbocycles. The van der Waals surface area contributed by atoms with Crippen LogP contribution in [0.2, 0.25) is 0 Å². The van der Waals surface area contributed by atoms with Gasteiger partial charge in [0.2, 0.25) is 0 Å². The Morgan fingerprint density at radius 3 is 2.80 bits per heavy atom. The lowest BCUT2D eigenvalue weighted by Crippen LogP contribution is -2.14. The van der Waals surface area contributed by atoms with Crippen LogP contribution in [-0.2, 0) is 6.42 Å². The molecule has 1 aliphatic carbocycles. The zero-order valence-corrected chi connectivity index (χ0v) is 9.14. The Morgan fingerprint density at radius 2 is 2.07 bits per heavy atom. The number of Topliss-reactive ketones (excluding diaryl/α,β-unsaturated/α-hetero) is 1. The van der Waals surface area contributed by atoms with Gasteiger partial charge in [0.15, 0.2) is 5.78 Å². The van der Waals surface area contributed by atoms with Crippen molar-refractivity contribution >= 4 is 5.78 Å². The molecular formula is C13H15FO. The number of carbonyl (C=O) groups is 1. The third kappa shape index (κ3) is 2.09. The van der Waals surface area contributed by atoms with E-state index in [1.54, 1.807) is 6.07 Å². The normalized spacial score (nSPS) is 19.5. The van der Waals surface area contributed by atoms with Crippen molar-refractivity contribution in [2.24, 2.45) is 5.41 Å². The second kappa shape index (κ2) is 3.44. The predicted octanol–water partition coefficient (Wildman–Crippen LogP) is 3.37. The Balaban J connectivity index is 2.44. The average molecular weight is 206 g/mol. The summed E-state index contributed by atoms with van der Waals surface area (Å²) in [6, 6.07) is 4.55. The Bertz CT molecular complexity index is 407. The standard InChI is InChI=1S/C13H15FO/c1-13(2)6-5-9-3-4-10(14)7-11(9)12(15)8-13/h3-4,7H,5-6,8H2,1-2H3. The Hall–Kier alpha value is -1.18. The highest BCUT2D eigenvalue weighted by molar-refractivity contribution is 5.98. The quantitative estimate of drug-likeness (QED) is 0.595. The lowest BCUT2D eigenvalue weighted by atomic mass is 9.84. The van der Waals surface area contributed by atoms with Gasteiger partial charge in [-0.1, -0.05) is 19.9 Å². The van der Waals surface area contributed by atoms with E-state index >= 15 is 0 Å². The van der Waals surface area contributed by atoms with Crippen LogP contribution in [0.25, 0.3) is 0 Å². The molecule has 0 N–H and O–H groups in total. The summed E-state index contributed by atoms with van der Waals surface area (Å²) in [5.41, 5.74) is 1.61. The van der Waals surface area contributed by atoms with Crippen LogP contribution in [0.15, 0.2) is 18.2 Å². The van der Waals surface area contributed by atoms with Gasteiger partial charge < -0.3 is 0 Å². The first kappa shape index (κ1) is 10.3. The molecule has 0 amide bonds. The van der Waals surface area contributed by atoms with E-state index in [4.69, 9.17) is 0 Å². The number of hydrogen-bond donors (Lipinski definition) is 0. The zero-order chi connectivity index (χ0) is 11.1. The van der Waals surface area contributed by atoms with Crippen molar-refractivity contribution in [3.8, 4) is 0 Å². The smallest absolute Gasteiger partial charge is 0.163 e. The second-order valence-electron chi connectivity index (χ2n) is 5.07. The van der Waals surface area contributed by atoms with Crippen molar-refractivity contribution in [3.63, 3.8) is 0 Å². The van der Waals surface area contributed by atoms with Gasteiger partial charge in [-0.25, -0.2) is 4.39 Å². The third-order valence-corrected chi connectivity index (χ3v) is 3.08. The van der Waals surface area contributed by atoms with E-state index in [9.17, 15) is 9.18 Å². The molecule has 2 heteroatoms. The Labute approximate surface area is 89.3 Å². The summed E-state index contributed by atoms with van der Waals surface area (Å²) >= 11 is 0. The number of halogens is 1. The first-order chi connectivity index (χ1) is 6.98. The minimum Gasteiger partial charge on any atom is -0.294 e. The van der Waals surface area contributed by atoms with Crippen LogP contribution in [-0.4, -0.2) is 5.78 Å². The fraction of sp³-hybridized carbons (Fsp3) is 0.462. The van der Waals surface area contributed by atoms with Gasteiger partial charge in [-0.2, -0.15) is 0 Å². The van der Waals surface area contributed by atoms with E-state index in [0.29, 0.717) is 12.0 Å². The molecule has 1 aromatic carbocycles. The Morgan fingerprint density at radius 1 is 1.33 bits per heavy atom. The van der Waals surface area contributed by atoms with Crippen LogP contribution in [0, 0.1) is 11.2 Å². The summed E-state index contributed by atoms with van der Waals surface area (Å²) in [4.78, 5) is 11.9. The highest BCUT2D eigenvalue weighted by Crippen LogP contribution is 2.33. The van der Waals surface area contributed by atoms with Crippen molar-refractivity contribution < 1.29 is 9.18 Å². The van der Waals surface area contributed by atoms with E-state index in [-0.39, 0.29) is 17.0 Å². The van der Waals surface area contributed by atoms with Crippen LogP contribution in [0.5, 0.6) is 0 Å². The molecule has 0 spiro atoms. The highest BCUT2D eigenvalue weighted by atomic mass is 19.1. The summed E-state index contributed by atoms with van der Waals surface area (Å²) < 4.78 is 13.0. The number of hydrogen-bond acceptors (Lipinski definition) is 1. The molecule has 80 valence electrons. The van der Waals surface area contributed by atoms with Crippen LogP contribution < -0.4 is 0 Å². The van der Waals surface area contributed by atoms with Gasteiger partial charge in [-0.15, -0.1) is 0 Å². The zero-order valence-electron chi connectivity index (χ0n) is 9.14. The van der Waals surface area contributed by atoms with E-state index in [0.717, 1.165) is 18.4 Å². The van der Waals surface area contributed by atoms with Crippen molar-refractivity contribution in [1.29, 1.82) is 0 Å². The summed E-state index contributed by atoms with van der Waals surface area (Å²) in [7, 11) is 0. The molecule has 2 rings (SSSR count). The van der Waals surface area contributed by atoms with Gasteiger partial charge in [-0.05, 0) is 36.0 Å². The second-order valence-corrected chi connectivity index (χ2v) is 5.07. The van der Waals surface area contributed by atoms with Crippen LogP contribution in [0.1, 0.15) is 42.6 Å². The molecule has 0 bridgehead atoms. The lowest BCUT2D eigenvalue weighted by molar-refractivity contribution is 0.0934. The number of rotatable bonds is 0.